The Balaban J connectivity index is 1.93. The minimum atomic E-state index is -4.67. The maximum Gasteiger partial charge on any atom is 0.436 e. The lowest BCUT2D eigenvalue weighted by Gasteiger charge is -2.18. The summed E-state index contributed by atoms with van der Waals surface area (Å²) in [5.74, 6) is 1.84. The fourth-order valence-electron chi connectivity index (χ4n) is 2.05. The van der Waals surface area contributed by atoms with Gasteiger partial charge in [-0.05, 0) is 75.4 Å². The van der Waals surface area contributed by atoms with E-state index < -0.39 is 24.1 Å². The molecule has 0 bridgehead atoms. The number of hydrogen-bond donors (Lipinski definition) is 0. The zero-order valence-electron chi connectivity index (χ0n) is 17.6. The van der Waals surface area contributed by atoms with Crippen LogP contribution in [0.4, 0.5) is 13.2 Å². The highest BCUT2D eigenvalue weighted by Crippen LogP contribution is 2.26. The number of rotatable bonds is 9. The van der Waals surface area contributed by atoms with Crippen LogP contribution >= 0.6 is 23.2 Å². The Morgan fingerprint density at radius 1 is 0.844 bits per heavy atom. The summed E-state index contributed by atoms with van der Waals surface area (Å²) in [5, 5.41) is 3.20. The fraction of sp³-hybridized carbons (Fsp3) is 0.318. The topological polar surface area (TPSA) is 49.3 Å². The first-order valence-corrected chi connectivity index (χ1v) is 10.1. The third-order valence-corrected chi connectivity index (χ3v) is 3.81. The third kappa shape index (κ3) is 9.70. The van der Waals surface area contributed by atoms with Crippen LogP contribution in [0.2, 0.25) is 0 Å². The van der Waals surface area contributed by atoms with Gasteiger partial charge in [-0.2, -0.15) is 13.2 Å². The molecule has 2 aromatic rings. The summed E-state index contributed by atoms with van der Waals surface area (Å²) in [6.07, 6.45) is -3.16. The number of oxime groups is 1. The average molecular weight is 492 g/mol. The van der Waals surface area contributed by atoms with Gasteiger partial charge in [-0.3, -0.25) is 0 Å². The van der Waals surface area contributed by atoms with E-state index in [1.807, 2.05) is 0 Å². The van der Waals surface area contributed by atoms with E-state index in [-0.39, 0.29) is 16.8 Å². The molecular weight excluding hydrogens is 470 g/mol. The molecule has 0 fully saturated rings. The smallest absolute Gasteiger partial charge is 0.436 e. The summed E-state index contributed by atoms with van der Waals surface area (Å²) >= 11 is 11.0. The summed E-state index contributed by atoms with van der Waals surface area (Å²) in [7, 11) is 0. The molecule has 0 spiro atoms. The van der Waals surface area contributed by atoms with Crippen LogP contribution in [0, 0.1) is 0 Å². The van der Waals surface area contributed by atoms with Gasteiger partial charge in [0.1, 0.15) is 46.3 Å². The second kappa shape index (κ2) is 11.3. The molecule has 2 aromatic carbocycles. The third-order valence-electron chi connectivity index (χ3n) is 3.50. The Morgan fingerprint density at radius 2 is 1.31 bits per heavy atom. The van der Waals surface area contributed by atoms with Gasteiger partial charge < -0.3 is 19.0 Å². The van der Waals surface area contributed by atoms with E-state index in [2.05, 4.69) is 5.16 Å². The van der Waals surface area contributed by atoms with Gasteiger partial charge in [0, 0.05) is 0 Å². The normalized spacial score (nSPS) is 12.2. The van der Waals surface area contributed by atoms with Gasteiger partial charge in [0.05, 0.1) is 0 Å². The largest absolute Gasteiger partial charge is 0.489 e. The number of nitrogens with zero attached hydrogens (tertiary/aromatic N) is 1. The molecule has 0 N–H and O–H groups in total. The quantitative estimate of drug-likeness (QED) is 0.273. The van der Waals surface area contributed by atoms with Crippen LogP contribution in [0.1, 0.15) is 20.8 Å². The predicted molar refractivity (Wildman–Crippen MR) is 118 cm³/mol. The minimum absolute atomic E-state index is 0.123. The summed E-state index contributed by atoms with van der Waals surface area (Å²) in [6, 6.07) is 13.0. The second-order valence-corrected chi connectivity index (χ2v) is 8.39. The summed E-state index contributed by atoms with van der Waals surface area (Å²) < 4.78 is 55.8. The van der Waals surface area contributed by atoms with E-state index in [0.717, 1.165) is 0 Å². The van der Waals surface area contributed by atoms with E-state index in [0.29, 0.717) is 17.2 Å². The Morgan fingerprint density at radius 3 is 1.75 bits per heavy atom. The summed E-state index contributed by atoms with van der Waals surface area (Å²) in [5.41, 5.74) is -2.02. The molecule has 10 heteroatoms. The van der Waals surface area contributed by atoms with Crippen molar-refractivity contribution in [2.24, 2.45) is 5.16 Å². The highest BCUT2D eigenvalue weighted by molar-refractivity contribution is 6.55. The SMILES string of the molecule is CC(C)(C)ON=C(COc1ccc(Oc2ccc(OCC=C(Cl)Cl)cc2)cc1)C(F)(F)F. The van der Waals surface area contributed by atoms with E-state index in [9.17, 15) is 13.2 Å². The molecule has 0 saturated heterocycles. The molecule has 0 unspecified atom stereocenters. The van der Waals surface area contributed by atoms with Crippen molar-refractivity contribution in [1.29, 1.82) is 0 Å². The van der Waals surface area contributed by atoms with Gasteiger partial charge in [-0.1, -0.05) is 28.4 Å². The first-order chi connectivity index (χ1) is 14.9. The molecule has 5 nitrogen and oxygen atoms in total. The van der Waals surface area contributed by atoms with Gasteiger partial charge in [-0.25, -0.2) is 0 Å². The van der Waals surface area contributed by atoms with Crippen molar-refractivity contribution in [2.75, 3.05) is 13.2 Å². The maximum absolute atomic E-state index is 13.1. The molecule has 32 heavy (non-hydrogen) atoms. The number of ether oxygens (including phenoxy) is 3. The number of halogens is 5. The number of hydrogen-bond acceptors (Lipinski definition) is 5. The van der Waals surface area contributed by atoms with Crippen molar-refractivity contribution >= 4 is 28.9 Å². The molecule has 0 amide bonds. The molecule has 0 aliphatic carbocycles. The van der Waals surface area contributed by atoms with Crippen molar-refractivity contribution in [3.8, 4) is 23.0 Å². The lowest BCUT2D eigenvalue weighted by atomic mass is 10.2. The van der Waals surface area contributed by atoms with Crippen molar-refractivity contribution in [2.45, 2.75) is 32.5 Å². The molecule has 2 rings (SSSR count). The van der Waals surface area contributed by atoms with E-state index in [1.54, 1.807) is 57.2 Å². The maximum atomic E-state index is 13.1. The zero-order valence-corrected chi connectivity index (χ0v) is 19.1. The predicted octanol–water partition coefficient (Wildman–Crippen LogP) is 7.29. The molecule has 0 radical (unpaired) electrons. The molecule has 0 aliphatic rings. The van der Waals surface area contributed by atoms with Gasteiger partial charge >= 0.3 is 6.18 Å². The molecular formula is C22H22Cl2F3NO4. The lowest BCUT2D eigenvalue weighted by Crippen LogP contribution is -2.30. The lowest BCUT2D eigenvalue weighted by molar-refractivity contribution is -0.0712. The van der Waals surface area contributed by atoms with Crippen molar-refractivity contribution in [3.05, 3.63) is 59.1 Å². The van der Waals surface area contributed by atoms with E-state index >= 15 is 0 Å². The Labute approximate surface area is 194 Å². The molecule has 174 valence electrons. The Bertz CT molecular complexity index is 918. The van der Waals surface area contributed by atoms with E-state index in [1.165, 1.54) is 18.2 Å². The van der Waals surface area contributed by atoms with Gasteiger partial charge in [0.15, 0.2) is 5.71 Å². The first kappa shape index (κ1) is 25.7. The highest BCUT2D eigenvalue weighted by Gasteiger charge is 2.37. The van der Waals surface area contributed by atoms with Crippen LogP contribution in [0.5, 0.6) is 23.0 Å². The molecule has 0 saturated carbocycles. The summed E-state index contributed by atoms with van der Waals surface area (Å²) in [6.45, 7) is 4.23. The molecule has 0 aromatic heterocycles. The van der Waals surface area contributed by atoms with Crippen LogP contribution in [0.3, 0.4) is 0 Å². The average Bonchev–Trinajstić information content (AvgIpc) is 2.68. The van der Waals surface area contributed by atoms with Crippen LogP contribution in [0.25, 0.3) is 0 Å². The molecule has 0 heterocycles. The minimum Gasteiger partial charge on any atom is -0.489 e. The van der Waals surface area contributed by atoms with Crippen LogP contribution in [0.15, 0.2) is 64.3 Å². The van der Waals surface area contributed by atoms with E-state index in [4.69, 9.17) is 42.3 Å². The van der Waals surface area contributed by atoms with Crippen molar-refractivity contribution in [1.82, 2.24) is 0 Å². The van der Waals surface area contributed by atoms with Crippen molar-refractivity contribution in [3.63, 3.8) is 0 Å². The fourth-order valence-corrected chi connectivity index (χ4v) is 2.17. The number of alkyl halides is 3. The Hall–Kier alpha value is -2.58. The van der Waals surface area contributed by atoms with Gasteiger partial charge in [0.25, 0.3) is 0 Å². The molecule has 0 aliphatic heterocycles. The van der Waals surface area contributed by atoms with Crippen LogP contribution in [-0.2, 0) is 4.84 Å². The van der Waals surface area contributed by atoms with Crippen molar-refractivity contribution < 1.29 is 32.2 Å². The zero-order chi connectivity index (χ0) is 23.8. The van der Waals surface area contributed by atoms with Crippen LogP contribution in [-0.4, -0.2) is 30.7 Å². The molecule has 0 atom stereocenters. The van der Waals surface area contributed by atoms with Gasteiger partial charge in [-0.15, -0.1) is 0 Å². The first-order valence-electron chi connectivity index (χ1n) is 9.39. The number of benzene rings is 2. The summed E-state index contributed by atoms with van der Waals surface area (Å²) in [4.78, 5) is 4.88. The monoisotopic (exact) mass is 491 g/mol. The standard InChI is InChI=1S/C22H22Cl2F3NO4/c1-21(2,3)32-28-19(22(25,26)27)14-30-16-6-10-18(11-7-16)31-17-8-4-15(5-9-17)29-13-12-20(23)24/h4-12H,13-14H2,1-3H3. The highest BCUT2D eigenvalue weighted by atomic mass is 35.5. The second-order valence-electron chi connectivity index (χ2n) is 7.38. The van der Waals surface area contributed by atoms with Gasteiger partial charge in [0.2, 0.25) is 0 Å². The Kier molecular flexibility index (Phi) is 9.09. The van der Waals surface area contributed by atoms with Crippen LogP contribution < -0.4 is 14.2 Å².